The topological polar surface area (TPSA) is 42.7 Å². The van der Waals surface area contributed by atoms with Crippen molar-refractivity contribution in [1.29, 1.82) is 0 Å². The molecule has 1 unspecified atom stereocenters. The molecule has 0 spiro atoms. The van der Waals surface area contributed by atoms with Crippen molar-refractivity contribution < 1.29 is 0 Å². The summed E-state index contributed by atoms with van der Waals surface area (Å²) in [5, 5.41) is 8.34. The lowest BCUT2D eigenvalue weighted by atomic mass is 9.44. The Kier molecular flexibility index (Phi) is 7.61. The van der Waals surface area contributed by atoms with Crippen LogP contribution in [0, 0.1) is 46.3 Å². The van der Waals surface area contributed by atoms with E-state index in [9.17, 15) is 0 Å². The van der Waals surface area contributed by atoms with E-state index < -0.39 is 0 Å². The summed E-state index contributed by atoms with van der Waals surface area (Å²) in [7, 11) is 0. The lowest BCUT2D eigenvalue weighted by Crippen LogP contribution is -2.54. The van der Waals surface area contributed by atoms with Crippen molar-refractivity contribution in [1.82, 2.24) is 14.8 Å². The van der Waals surface area contributed by atoms with E-state index in [1.54, 1.807) is 0 Å². The summed E-state index contributed by atoms with van der Waals surface area (Å²) in [5.74, 6) is 6.63. The van der Waals surface area contributed by atoms with Gasteiger partial charge in [-0.15, -0.1) is 0 Å². The number of anilines is 1. The molecule has 0 saturated heterocycles. The third-order valence-corrected chi connectivity index (χ3v) is 12.8. The molecule has 2 aromatic heterocycles. The number of unbranched alkanes of at least 4 members (excludes halogenated alkanes) is 1. The molecule has 0 aliphatic heterocycles. The molecule has 6 rings (SSSR count). The summed E-state index contributed by atoms with van der Waals surface area (Å²) in [4.78, 5) is 4.80. The second-order valence-electron chi connectivity index (χ2n) is 14.6. The Labute approximate surface area is 238 Å². The molecule has 0 amide bonds. The van der Waals surface area contributed by atoms with Crippen LogP contribution in [0.4, 0.5) is 5.82 Å². The molecule has 4 aliphatic carbocycles. The fourth-order valence-electron chi connectivity index (χ4n) is 10.6. The summed E-state index contributed by atoms with van der Waals surface area (Å²) in [6, 6.07) is 4.74. The molecule has 0 bridgehead atoms. The number of rotatable bonds is 8. The lowest BCUT2D eigenvalue weighted by Gasteiger charge is -2.61. The van der Waals surface area contributed by atoms with Crippen molar-refractivity contribution >= 4 is 5.82 Å². The fraction of sp³-hybridized carbons (Fsp3) is 0.771. The monoisotopic (exact) mass is 530 g/mol. The third kappa shape index (κ3) is 4.86. The predicted molar refractivity (Wildman–Crippen MR) is 162 cm³/mol. The average molecular weight is 531 g/mol. The summed E-state index contributed by atoms with van der Waals surface area (Å²) in [5.41, 5.74) is 3.38. The number of aromatic nitrogens is 3. The first kappa shape index (κ1) is 27.3. The number of fused-ring (bicyclic) bond motifs is 5. The van der Waals surface area contributed by atoms with Crippen LogP contribution >= 0.6 is 0 Å². The Hall–Kier alpha value is -1.84. The number of aryl methyl sites for hydroxylation is 1. The van der Waals surface area contributed by atoms with Crippen LogP contribution in [0.25, 0.3) is 5.69 Å². The van der Waals surface area contributed by atoms with Gasteiger partial charge in [-0.25, -0.2) is 9.67 Å². The van der Waals surface area contributed by atoms with E-state index in [2.05, 4.69) is 63.4 Å². The highest BCUT2D eigenvalue weighted by molar-refractivity contribution is 5.41. The van der Waals surface area contributed by atoms with Gasteiger partial charge in [-0.3, -0.25) is 0 Å². The van der Waals surface area contributed by atoms with Crippen LogP contribution in [0.5, 0.6) is 0 Å². The quantitative estimate of drug-likeness (QED) is 0.370. The zero-order chi connectivity index (χ0) is 27.2. The highest BCUT2D eigenvalue weighted by Crippen LogP contribution is 2.68. The van der Waals surface area contributed by atoms with Gasteiger partial charge in [0.15, 0.2) is 0 Å². The Balaban J connectivity index is 1.11. The molecule has 4 aliphatic rings. The number of nitrogens with zero attached hydrogens (tertiary/aromatic N) is 3. The van der Waals surface area contributed by atoms with Crippen molar-refractivity contribution in [3.63, 3.8) is 0 Å². The third-order valence-electron chi connectivity index (χ3n) is 12.8. The minimum Gasteiger partial charge on any atom is -0.367 e. The fourth-order valence-corrected chi connectivity index (χ4v) is 10.6. The van der Waals surface area contributed by atoms with E-state index in [4.69, 9.17) is 4.98 Å². The second-order valence-corrected chi connectivity index (χ2v) is 14.6. The van der Waals surface area contributed by atoms with Gasteiger partial charge in [-0.2, -0.15) is 5.10 Å². The predicted octanol–water partition coefficient (Wildman–Crippen LogP) is 9.10. The largest absolute Gasteiger partial charge is 0.367 e. The Morgan fingerprint density at radius 3 is 2.54 bits per heavy atom. The highest BCUT2D eigenvalue weighted by atomic mass is 15.3. The molecule has 214 valence electrons. The lowest BCUT2D eigenvalue weighted by molar-refractivity contribution is -0.119. The van der Waals surface area contributed by atoms with Gasteiger partial charge < -0.3 is 5.32 Å². The van der Waals surface area contributed by atoms with Crippen molar-refractivity contribution in [2.24, 2.45) is 46.3 Å². The Bertz CT molecular complexity index is 1110. The average Bonchev–Trinajstić information content (AvgIpc) is 3.56. The van der Waals surface area contributed by atoms with E-state index in [1.165, 1.54) is 82.6 Å². The van der Waals surface area contributed by atoms with E-state index in [-0.39, 0.29) is 0 Å². The van der Waals surface area contributed by atoms with Crippen LogP contribution in [0.2, 0.25) is 0 Å². The number of hydrogen-bond donors (Lipinski definition) is 1. The molecule has 4 saturated carbocycles. The molecule has 2 heterocycles. The van der Waals surface area contributed by atoms with Crippen molar-refractivity contribution in [3.05, 3.63) is 36.3 Å². The first-order chi connectivity index (χ1) is 18.9. The van der Waals surface area contributed by atoms with Gasteiger partial charge in [0.2, 0.25) is 0 Å². The summed E-state index contributed by atoms with van der Waals surface area (Å²) in [6.45, 7) is 12.4. The maximum Gasteiger partial charge on any atom is 0.126 e. The second kappa shape index (κ2) is 10.9. The molecule has 39 heavy (non-hydrogen) atoms. The van der Waals surface area contributed by atoms with E-state index >= 15 is 0 Å². The molecule has 0 aromatic carbocycles. The van der Waals surface area contributed by atoms with Gasteiger partial charge in [-0.05, 0) is 135 Å². The molecule has 2 aromatic rings. The summed E-state index contributed by atoms with van der Waals surface area (Å²) >= 11 is 0. The highest BCUT2D eigenvalue weighted by Gasteiger charge is 2.60. The number of hydrogen-bond acceptors (Lipinski definition) is 3. The molecular weight excluding hydrogens is 476 g/mol. The molecule has 9 atom stereocenters. The SMILES string of the molecule is CCCC[C@H]1CC[C@@]2(C)[C@H](CC[C@H]3C4CC[C@H]([C@@H](C)Nc5ccc(-n6cc(CC)cn6)cn5)[C@@]4(C)CC[C@@H]32)C1. The van der Waals surface area contributed by atoms with Crippen LogP contribution < -0.4 is 5.32 Å². The normalized spacial score (nSPS) is 38.5. The molecule has 0 radical (unpaired) electrons. The Morgan fingerprint density at radius 1 is 0.974 bits per heavy atom. The van der Waals surface area contributed by atoms with E-state index in [0.29, 0.717) is 16.9 Å². The van der Waals surface area contributed by atoms with Gasteiger partial charge in [0.1, 0.15) is 5.82 Å². The first-order valence-corrected chi connectivity index (χ1v) is 16.6. The van der Waals surface area contributed by atoms with Crippen molar-refractivity contribution in [2.75, 3.05) is 5.32 Å². The maximum atomic E-state index is 4.80. The zero-order valence-corrected chi connectivity index (χ0v) is 25.5. The van der Waals surface area contributed by atoms with Gasteiger partial charge in [0.25, 0.3) is 0 Å². The van der Waals surface area contributed by atoms with Crippen LogP contribution in [-0.2, 0) is 6.42 Å². The maximum absolute atomic E-state index is 4.80. The van der Waals surface area contributed by atoms with Gasteiger partial charge in [-0.1, -0.05) is 47.0 Å². The van der Waals surface area contributed by atoms with Crippen LogP contribution in [-0.4, -0.2) is 20.8 Å². The van der Waals surface area contributed by atoms with Gasteiger partial charge in [0.05, 0.1) is 18.1 Å². The van der Waals surface area contributed by atoms with Gasteiger partial charge in [0, 0.05) is 12.2 Å². The minimum absolute atomic E-state index is 0.451. The minimum atomic E-state index is 0.451. The standard InChI is InChI=1S/C35H54N4/c1-6-8-9-26-16-18-34(4)27(20-26)10-12-29-31-14-13-30(35(31,5)19-17-32(29)34)24(3)38-33-15-11-28(22-36-33)39-23-25(7-2)21-37-39/h11,15,21-24,26-27,29-32H,6-10,12-14,16-20H2,1-5H3,(H,36,38)/t24-,26+,27-,29+,30-,31?,32+,34+,35-/m1/s1. The summed E-state index contributed by atoms with van der Waals surface area (Å²) < 4.78 is 1.94. The van der Waals surface area contributed by atoms with E-state index in [0.717, 1.165) is 53.4 Å². The van der Waals surface area contributed by atoms with Crippen molar-refractivity contribution in [3.8, 4) is 5.69 Å². The van der Waals surface area contributed by atoms with Crippen LogP contribution in [0.15, 0.2) is 30.7 Å². The van der Waals surface area contributed by atoms with Gasteiger partial charge >= 0.3 is 0 Å². The summed E-state index contributed by atoms with van der Waals surface area (Å²) in [6.07, 6.45) is 24.6. The molecule has 4 heteroatoms. The first-order valence-electron chi connectivity index (χ1n) is 16.6. The molecule has 4 nitrogen and oxygen atoms in total. The molecule has 4 fully saturated rings. The number of nitrogens with one attached hydrogen (secondary N) is 1. The Morgan fingerprint density at radius 2 is 1.79 bits per heavy atom. The van der Waals surface area contributed by atoms with Crippen LogP contribution in [0.3, 0.4) is 0 Å². The molecular formula is C35H54N4. The van der Waals surface area contributed by atoms with Crippen LogP contribution in [0.1, 0.15) is 117 Å². The smallest absolute Gasteiger partial charge is 0.126 e. The number of pyridine rings is 1. The van der Waals surface area contributed by atoms with Crippen molar-refractivity contribution in [2.45, 2.75) is 124 Å². The zero-order valence-electron chi connectivity index (χ0n) is 25.5. The molecule has 1 N–H and O–H groups in total. The van der Waals surface area contributed by atoms with E-state index in [1.807, 2.05) is 17.1 Å².